The molecule has 2 unspecified atom stereocenters. The van der Waals surface area contributed by atoms with Crippen molar-refractivity contribution in [2.75, 3.05) is 7.11 Å². The Morgan fingerprint density at radius 2 is 2.05 bits per heavy atom. The Kier molecular flexibility index (Phi) is 7.16. The number of hydrogen-bond donors (Lipinski definition) is 0. The lowest BCUT2D eigenvalue weighted by atomic mass is 9.91. The number of unbranched alkanes of at least 4 members (excludes halogenated alkanes) is 1. The average molecular weight is 352 g/mol. The van der Waals surface area contributed by atoms with Crippen molar-refractivity contribution in [3.05, 3.63) is 28.0 Å². The summed E-state index contributed by atoms with van der Waals surface area (Å²) in [6.45, 7) is 4.31. The quantitative estimate of drug-likeness (QED) is 0.540. The predicted octanol–water partition coefficient (Wildman–Crippen LogP) is 6.09. The Hall–Kier alpha value is -0.280. The topological polar surface area (TPSA) is 9.23 Å². The van der Waals surface area contributed by atoms with E-state index in [9.17, 15) is 4.39 Å². The summed E-state index contributed by atoms with van der Waals surface area (Å²) < 4.78 is 19.2. The molecule has 0 fully saturated rings. The molecule has 0 saturated heterocycles. The molecule has 0 bridgehead atoms. The van der Waals surface area contributed by atoms with Crippen molar-refractivity contribution < 1.29 is 9.13 Å². The van der Waals surface area contributed by atoms with E-state index in [-0.39, 0.29) is 11.2 Å². The zero-order valence-corrected chi connectivity index (χ0v) is 14.0. The molecular weight excluding hydrogens is 331 g/mol. The number of ether oxygens (including phenoxy) is 1. The van der Waals surface area contributed by atoms with E-state index in [0.717, 1.165) is 31.2 Å². The predicted molar refractivity (Wildman–Crippen MR) is 82.6 cm³/mol. The van der Waals surface area contributed by atoms with Gasteiger partial charge < -0.3 is 4.74 Å². The summed E-state index contributed by atoms with van der Waals surface area (Å²) in [6.07, 6.45) is 4.41. The van der Waals surface area contributed by atoms with Gasteiger partial charge in [-0.15, -0.1) is 11.6 Å². The van der Waals surface area contributed by atoms with Crippen LogP contribution in [0.1, 0.15) is 50.5 Å². The van der Waals surface area contributed by atoms with Crippen LogP contribution in [0.25, 0.3) is 0 Å². The zero-order valence-electron chi connectivity index (χ0n) is 11.7. The molecule has 1 aromatic rings. The third-order valence-corrected chi connectivity index (χ3v) is 4.64. The van der Waals surface area contributed by atoms with Gasteiger partial charge in [-0.05, 0) is 34.3 Å². The van der Waals surface area contributed by atoms with Crippen molar-refractivity contribution >= 4 is 27.5 Å². The van der Waals surface area contributed by atoms with Crippen LogP contribution >= 0.6 is 27.5 Å². The van der Waals surface area contributed by atoms with Gasteiger partial charge >= 0.3 is 0 Å². The van der Waals surface area contributed by atoms with Gasteiger partial charge in [0, 0.05) is 11.6 Å². The lowest BCUT2D eigenvalue weighted by Crippen LogP contribution is -2.09. The third kappa shape index (κ3) is 4.35. The lowest BCUT2D eigenvalue weighted by Gasteiger charge is -2.23. The van der Waals surface area contributed by atoms with Crippen molar-refractivity contribution in [1.29, 1.82) is 0 Å². The van der Waals surface area contributed by atoms with Gasteiger partial charge in [-0.25, -0.2) is 4.39 Å². The van der Waals surface area contributed by atoms with Gasteiger partial charge in [-0.2, -0.15) is 0 Å². The van der Waals surface area contributed by atoms with Crippen molar-refractivity contribution in [1.82, 2.24) is 0 Å². The zero-order chi connectivity index (χ0) is 14.4. The summed E-state index contributed by atoms with van der Waals surface area (Å²) in [4.78, 5) is 0. The minimum atomic E-state index is -0.328. The van der Waals surface area contributed by atoms with E-state index in [1.807, 2.05) is 0 Å². The summed E-state index contributed by atoms with van der Waals surface area (Å²) >= 11 is 9.81. The number of alkyl halides is 1. The molecule has 0 radical (unpaired) electrons. The van der Waals surface area contributed by atoms with E-state index in [4.69, 9.17) is 16.3 Å². The van der Waals surface area contributed by atoms with Crippen LogP contribution < -0.4 is 4.74 Å². The van der Waals surface area contributed by atoms with Crippen molar-refractivity contribution in [2.24, 2.45) is 5.92 Å². The molecule has 0 amide bonds. The van der Waals surface area contributed by atoms with Gasteiger partial charge in [0.05, 0.1) is 17.0 Å². The van der Waals surface area contributed by atoms with E-state index < -0.39 is 0 Å². The minimum absolute atomic E-state index is 0.150. The maximum absolute atomic E-state index is 13.5. The van der Waals surface area contributed by atoms with E-state index in [1.54, 1.807) is 13.2 Å². The molecule has 0 N–H and O–H groups in total. The molecule has 108 valence electrons. The minimum Gasteiger partial charge on any atom is -0.496 e. The highest BCUT2D eigenvalue weighted by Gasteiger charge is 2.23. The maximum Gasteiger partial charge on any atom is 0.141 e. The molecule has 0 aliphatic carbocycles. The molecule has 1 aromatic carbocycles. The van der Waals surface area contributed by atoms with E-state index in [2.05, 4.69) is 29.8 Å². The van der Waals surface area contributed by atoms with Gasteiger partial charge in [0.1, 0.15) is 11.6 Å². The van der Waals surface area contributed by atoms with Crippen molar-refractivity contribution in [2.45, 2.75) is 44.9 Å². The fourth-order valence-electron chi connectivity index (χ4n) is 2.21. The summed E-state index contributed by atoms with van der Waals surface area (Å²) in [5, 5.41) is -0.150. The van der Waals surface area contributed by atoms with Gasteiger partial charge in [-0.3, -0.25) is 0 Å². The number of halogens is 3. The second-order valence-electron chi connectivity index (χ2n) is 4.72. The Bertz CT molecular complexity index is 411. The summed E-state index contributed by atoms with van der Waals surface area (Å²) in [5.41, 5.74) is 0.861. The second-order valence-corrected chi connectivity index (χ2v) is 6.05. The van der Waals surface area contributed by atoms with Crippen LogP contribution in [0.2, 0.25) is 0 Å². The van der Waals surface area contributed by atoms with E-state index in [1.165, 1.54) is 6.07 Å². The van der Waals surface area contributed by atoms with Crippen LogP contribution in [-0.4, -0.2) is 7.11 Å². The number of benzene rings is 1. The maximum atomic E-state index is 13.5. The molecule has 4 heteroatoms. The highest BCUT2D eigenvalue weighted by Crippen LogP contribution is 2.41. The standard InChI is InChI=1S/C15H21BrClFO/c1-4-6-7-10(5-2)15(17)11-8-12(16)13(18)9-14(11)19-3/h8-10,15H,4-7H2,1-3H3. The first-order valence-electron chi connectivity index (χ1n) is 6.72. The molecule has 0 spiro atoms. The number of methoxy groups -OCH3 is 1. The summed E-state index contributed by atoms with van der Waals surface area (Å²) in [7, 11) is 1.54. The van der Waals surface area contributed by atoms with Crippen LogP contribution in [0.4, 0.5) is 4.39 Å². The van der Waals surface area contributed by atoms with Crippen LogP contribution in [-0.2, 0) is 0 Å². The molecule has 1 nitrogen and oxygen atoms in total. The average Bonchev–Trinajstić information content (AvgIpc) is 2.41. The molecule has 0 heterocycles. The third-order valence-electron chi connectivity index (χ3n) is 3.44. The molecule has 0 aliphatic rings. The first-order chi connectivity index (χ1) is 9.04. The van der Waals surface area contributed by atoms with Crippen molar-refractivity contribution in [3.8, 4) is 5.75 Å². The molecule has 2 atom stereocenters. The number of rotatable bonds is 7. The molecular formula is C15H21BrClFO. The summed E-state index contributed by atoms with van der Waals surface area (Å²) in [5.74, 6) is 0.578. The Balaban J connectivity index is 3.02. The number of hydrogen-bond acceptors (Lipinski definition) is 1. The molecule has 0 aromatic heterocycles. The van der Waals surface area contributed by atoms with E-state index >= 15 is 0 Å². The highest BCUT2D eigenvalue weighted by atomic mass is 79.9. The SMILES string of the molecule is CCCCC(CC)C(Cl)c1cc(Br)c(F)cc1OC. The van der Waals surface area contributed by atoms with E-state index in [0.29, 0.717) is 16.1 Å². The molecule has 0 saturated carbocycles. The van der Waals surface area contributed by atoms with Gasteiger partial charge in [0.15, 0.2) is 0 Å². The Morgan fingerprint density at radius 1 is 1.37 bits per heavy atom. The normalized spacial score (nSPS) is 14.2. The molecule has 19 heavy (non-hydrogen) atoms. The molecule has 1 rings (SSSR count). The Labute approximate surface area is 128 Å². The lowest BCUT2D eigenvalue weighted by molar-refractivity contribution is 0.388. The van der Waals surface area contributed by atoms with Gasteiger partial charge in [0.2, 0.25) is 0 Å². The summed E-state index contributed by atoms with van der Waals surface area (Å²) in [6, 6.07) is 3.13. The first kappa shape index (κ1) is 16.8. The Morgan fingerprint density at radius 3 is 2.58 bits per heavy atom. The second kappa shape index (κ2) is 8.11. The van der Waals surface area contributed by atoms with Crippen molar-refractivity contribution in [3.63, 3.8) is 0 Å². The van der Waals surface area contributed by atoms with Crippen LogP contribution in [0.5, 0.6) is 5.75 Å². The highest BCUT2D eigenvalue weighted by molar-refractivity contribution is 9.10. The van der Waals surface area contributed by atoms with Crippen LogP contribution in [0, 0.1) is 11.7 Å². The smallest absolute Gasteiger partial charge is 0.141 e. The van der Waals surface area contributed by atoms with Gasteiger partial charge in [0.25, 0.3) is 0 Å². The first-order valence-corrected chi connectivity index (χ1v) is 7.95. The fourth-order valence-corrected chi connectivity index (χ4v) is 3.05. The fraction of sp³-hybridized carbons (Fsp3) is 0.600. The monoisotopic (exact) mass is 350 g/mol. The van der Waals surface area contributed by atoms with Gasteiger partial charge in [-0.1, -0.05) is 33.1 Å². The molecule has 0 aliphatic heterocycles. The van der Waals surface area contributed by atoms with Crippen LogP contribution in [0.3, 0.4) is 0 Å². The largest absolute Gasteiger partial charge is 0.496 e. The van der Waals surface area contributed by atoms with Crippen LogP contribution in [0.15, 0.2) is 16.6 Å².